The molecule has 0 aliphatic rings. The second kappa shape index (κ2) is 13.2. The van der Waals surface area contributed by atoms with Crippen molar-refractivity contribution >= 4 is 46.8 Å². The second-order valence-corrected chi connectivity index (χ2v) is 11.6. The van der Waals surface area contributed by atoms with Gasteiger partial charge in [0, 0.05) is 51.2 Å². The molecule has 0 aliphatic carbocycles. The van der Waals surface area contributed by atoms with Crippen molar-refractivity contribution in [1.29, 1.82) is 0 Å². The standard InChI is InChI=1S/C29H32Cl2N2O2S/c1-29(2,3)32-28(35)26(19-21-11-6-4-7-12-21)33(20-23-24(30)15-10-16-25(23)31)27(34)17-18-36-22-13-8-5-9-14-22/h4-16,26H,17-20H2,1-3H3,(H,32,35)/t26-/m1/s1. The summed E-state index contributed by atoms with van der Waals surface area (Å²) in [6.45, 7) is 5.93. The molecular weight excluding hydrogens is 511 g/mol. The van der Waals surface area contributed by atoms with Crippen LogP contribution in [0.4, 0.5) is 0 Å². The largest absolute Gasteiger partial charge is 0.350 e. The third kappa shape index (κ3) is 8.58. The lowest BCUT2D eigenvalue weighted by Gasteiger charge is -2.34. The van der Waals surface area contributed by atoms with E-state index in [9.17, 15) is 9.59 Å². The molecule has 3 aromatic carbocycles. The molecule has 0 saturated carbocycles. The molecule has 0 fully saturated rings. The van der Waals surface area contributed by atoms with Gasteiger partial charge in [-0.05, 0) is 50.6 Å². The highest BCUT2D eigenvalue weighted by atomic mass is 35.5. The maximum absolute atomic E-state index is 13.7. The molecule has 36 heavy (non-hydrogen) atoms. The lowest BCUT2D eigenvalue weighted by Crippen LogP contribution is -2.54. The molecule has 7 heteroatoms. The molecule has 0 bridgehead atoms. The van der Waals surface area contributed by atoms with Crippen molar-refractivity contribution in [3.05, 3.63) is 100 Å². The predicted octanol–water partition coefficient (Wildman–Crippen LogP) is 7.03. The van der Waals surface area contributed by atoms with E-state index in [4.69, 9.17) is 23.2 Å². The maximum Gasteiger partial charge on any atom is 0.243 e. The first-order chi connectivity index (χ1) is 17.1. The lowest BCUT2D eigenvalue weighted by atomic mass is 10.0. The number of carbonyl (C=O) groups is 2. The molecule has 0 radical (unpaired) electrons. The van der Waals surface area contributed by atoms with Crippen LogP contribution in [0.2, 0.25) is 10.0 Å². The first-order valence-electron chi connectivity index (χ1n) is 11.9. The molecule has 0 unspecified atom stereocenters. The topological polar surface area (TPSA) is 49.4 Å². The van der Waals surface area contributed by atoms with Gasteiger partial charge in [-0.3, -0.25) is 9.59 Å². The number of benzene rings is 3. The van der Waals surface area contributed by atoms with Crippen molar-refractivity contribution in [3.63, 3.8) is 0 Å². The van der Waals surface area contributed by atoms with Gasteiger partial charge in [-0.1, -0.05) is 77.8 Å². The van der Waals surface area contributed by atoms with Crippen LogP contribution < -0.4 is 5.32 Å². The van der Waals surface area contributed by atoms with Gasteiger partial charge in [0.15, 0.2) is 0 Å². The Bertz CT molecular complexity index is 1130. The van der Waals surface area contributed by atoms with Crippen molar-refractivity contribution < 1.29 is 9.59 Å². The Kier molecular flexibility index (Phi) is 10.3. The number of carbonyl (C=O) groups excluding carboxylic acids is 2. The summed E-state index contributed by atoms with van der Waals surface area (Å²) in [6, 6.07) is 24.2. The molecule has 0 aliphatic heterocycles. The summed E-state index contributed by atoms with van der Waals surface area (Å²) in [5, 5.41) is 4.00. The molecule has 190 valence electrons. The van der Waals surface area contributed by atoms with Gasteiger partial charge in [0.2, 0.25) is 11.8 Å². The fraction of sp³-hybridized carbons (Fsp3) is 0.310. The minimum Gasteiger partial charge on any atom is -0.350 e. The Labute approximate surface area is 228 Å². The summed E-state index contributed by atoms with van der Waals surface area (Å²) in [5.74, 6) is 0.257. The molecule has 3 aromatic rings. The van der Waals surface area contributed by atoms with E-state index >= 15 is 0 Å². The van der Waals surface area contributed by atoms with E-state index in [-0.39, 0.29) is 24.8 Å². The van der Waals surface area contributed by atoms with Gasteiger partial charge in [-0.25, -0.2) is 0 Å². The number of rotatable bonds is 10. The zero-order valence-electron chi connectivity index (χ0n) is 20.8. The van der Waals surface area contributed by atoms with E-state index in [0.717, 1.165) is 10.5 Å². The molecule has 0 heterocycles. The zero-order valence-corrected chi connectivity index (χ0v) is 23.2. The highest BCUT2D eigenvalue weighted by Gasteiger charge is 2.32. The van der Waals surface area contributed by atoms with Crippen LogP contribution in [0.1, 0.15) is 38.3 Å². The molecular formula is C29H32Cl2N2O2S. The quantitative estimate of drug-likeness (QED) is 0.279. The minimum atomic E-state index is -0.729. The number of hydrogen-bond acceptors (Lipinski definition) is 3. The zero-order chi connectivity index (χ0) is 26.1. The normalized spacial score (nSPS) is 12.1. The molecule has 4 nitrogen and oxygen atoms in total. The van der Waals surface area contributed by atoms with Crippen LogP contribution in [0.25, 0.3) is 0 Å². The van der Waals surface area contributed by atoms with Gasteiger partial charge in [0.1, 0.15) is 6.04 Å². The average Bonchev–Trinajstić information content (AvgIpc) is 2.83. The Hall–Kier alpha value is -2.47. The Balaban J connectivity index is 1.92. The van der Waals surface area contributed by atoms with E-state index in [1.54, 1.807) is 34.9 Å². The third-order valence-corrected chi connectivity index (χ3v) is 7.21. The van der Waals surface area contributed by atoms with Crippen LogP contribution in [0, 0.1) is 0 Å². The van der Waals surface area contributed by atoms with Gasteiger partial charge in [-0.2, -0.15) is 0 Å². The van der Waals surface area contributed by atoms with Crippen LogP contribution in [0.15, 0.2) is 83.8 Å². The van der Waals surface area contributed by atoms with Crippen LogP contribution in [0.5, 0.6) is 0 Å². The van der Waals surface area contributed by atoms with Crippen molar-refractivity contribution in [2.24, 2.45) is 0 Å². The monoisotopic (exact) mass is 542 g/mol. The van der Waals surface area contributed by atoms with Crippen LogP contribution in [-0.4, -0.2) is 34.0 Å². The fourth-order valence-electron chi connectivity index (χ4n) is 3.78. The number of halogens is 2. The highest BCUT2D eigenvalue weighted by Crippen LogP contribution is 2.28. The summed E-state index contributed by atoms with van der Waals surface area (Å²) < 4.78 is 0. The maximum atomic E-state index is 13.7. The molecule has 0 spiro atoms. The van der Waals surface area contributed by atoms with Crippen LogP contribution in [-0.2, 0) is 22.6 Å². The number of hydrogen-bond donors (Lipinski definition) is 1. The predicted molar refractivity (Wildman–Crippen MR) is 151 cm³/mol. The Morgan fingerprint density at radius 2 is 1.47 bits per heavy atom. The average molecular weight is 544 g/mol. The SMILES string of the molecule is CC(C)(C)NC(=O)[C@@H](Cc1ccccc1)N(Cc1c(Cl)cccc1Cl)C(=O)CCSc1ccccc1. The Morgan fingerprint density at radius 3 is 2.06 bits per heavy atom. The summed E-state index contributed by atoms with van der Waals surface area (Å²) in [5.41, 5.74) is 1.14. The number of thioether (sulfide) groups is 1. The van der Waals surface area contributed by atoms with Crippen LogP contribution in [0.3, 0.4) is 0 Å². The second-order valence-electron chi connectivity index (χ2n) is 9.58. The number of nitrogens with one attached hydrogen (secondary N) is 1. The van der Waals surface area contributed by atoms with Gasteiger partial charge in [-0.15, -0.1) is 11.8 Å². The molecule has 0 aromatic heterocycles. The van der Waals surface area contributed by atoms with E-state index in [1.807, 2.05) is 81.4 Å². The van der Waals surface area contributed by atoms with E-state index in [1.165, 1.54) is 0 Å². The molecule has 3 rings (SSSR count). The number of amides is 2. The number of nitrogens with zero attached hydrogens (tertiary/aromatic N) is 1. The van der Waals surface area contributed by atoms with Gasteiger partial charge < -0.3 is 10.2 Å². The smallest absolute Gasteiger partial charge is 0.243 e. The van der Waals surface area contributed by atoms with E-state index in [2.05, 4.69) is 5.32 Å². The van der Waals surface area contributed by atoms with Crippen molar-refractivity contribution in [1.82, 2.24) is 10.2 Å². The minimum absolute atomic E-state index is 0.126. The van der Waals surface area contributed by atoms with Crippen molar-refractivity contribution in [2.75, 3.05) is 5.75 Å². The first kappa shape index (κ1) is 28.1. The summed E-state index contributed by atoms with van der Waals surface area (Å²) in [6.07, 6.45) is 0.651. The van der Waals surface area contributed by atoms with E-state index in [0.29, 0.717) is 27.8 Å². The summed E-state index contributed by atoms with van der Waals surface area (Å²) in [7, 11) is 0. The van der Waals surface area contributed by atoms with Gasteiger partial charge in [0.05, 0.1) is 0 Å². The van der Waals surface area contributed by atoms with Crippen LogP contribution >= 0.6 is 35.0 Å². The molecule has 1 atom stereocenters. The van der Waals surface area contributed by atoms with Crippen molar-refractivity contribution in [2.45, 2.75) is 56.6 Å². The molecule has 1 N–H and O–H groups in total. The van der Waals surface area contributed by atoms with Gasteiger partial charge >= 0.3 is 0 Å². The highest BCUT2D eigenvalue weighted by molar-refractivity contribution is 7.99. The third-order valence-electron chi connectivity index (χ3n) is 5.49. The van der Waals surface area contributed by atoms with E-state index < -0.39 is 11.6 Å². The fourth-order valence-corrected chi connectivity index (χ4v) is 5.16. The Morgan fingerprint density at radius 1 is 0.889 bits per heavy atom. The van der Waals surface area contributed by atoms with Gasteiger partial charge in [0.25, 0.3) is 0 Å². The molecule has 2 amide bonds. The van der Waals surface area contributed by atoms with Crippen molar-refractivity contribution in [3.8, 4) is 0 Å². The summed E-state index contributed by atoms with van der Waals surface area (Å²) in [4.78, 5) is 30.0. The summed E-state index contributed by atoms with van der Waals surface area (Å²) >= 11 is 14.6. The first-order valence-corrected chi connectivity index (χ1v) is 13.6. The molecule has 0 saturated heterocycles. The lowest BCUT2D eigenvalue weighted by molar-refractivity contribution is -0.141.